The molecule has 0 aliphatic rings. The van der Waals surface area contributed by atoms with Crippen LogP contribution in [0.25, 0.3) is 10.9 Å². The molecule has 0 aliphatic heterocycles. The van der Waals surface area contributed by atoms with Gasteiger partial charge in [0.05, 0.1) is 17.5 Å². The summed E-state index contributed by atoms with van der Waals surface area (Å²) in [4.78, 5) is 34.5. The molecule has 0 bridgehead atoms. The lowest BCUT2D eigenvalue weighted by Gasteiger charge is -2.07. The Hall–Kier alpha value is -2.37. The molecule has 6 heteroatoms. The smallest absolute Gasteiger partial charge is 0.433 e. The molecule has 17 heavy (non-hydrogen) atoms. The lowest BCUT2D eigenvalue weighted by Crippen LogP contribution is -2.34. The Morgan fingerprint density at radius 1 is 1.35 bits per heavy atom. The number of fused-ring (bicyclic) bond motifs is 1. The molecule has 0 saturated heterocycles. The molecule has 1 N–H and O–H groups in total. The van der Waals surface area contributed by atoms with Crippen molar-refractivity contribution in [3.8, 4) is 0 Å². The minimum Gasteiger partial charge on any atom is -0.448 e. The van der Waals surface area contributed by atoms with Crippen LogP contribution in [-0.4, -0.2) is 22.5 Å². The summed E-state index contributed by atoms with van der Waals surface area (Å²) in [5.74, 6) is 0. The SMILES string of the molecule is CCOC(=O)n1[nH]c(=O)c(=O)c2ccccc21. The molecule has 0 fully saturated rings. The highest BCUT2D eigenvalue weighted by Gasteiger charge is 2.12. The highest BCUT2D eigenvalue weighted by Crippen LogP contribution is 2.06. The van der Waals surface area contributed by atoms with Crippen LogP contribution in [0.5, 0.6) is 0 Å². The Balaban J connectivity index is 2.81. The summed E-state index contributed by atoms with van der Waals surface area (Å²) in [6.07, 6.45) is -0.721. The summed E-state index contributed by atoms with van der Waals surface area (Å²) in [6.45, 7) is 1.84. The first-order chi connectivity index (χ1) is 8.15. The number of ether oxygens (including phenoxy) is 1. The Morgan fingerprint density at radius 3 is 2.76 bits per heavy atom. The van der Waals surface area contributed by atoms with Gasteiger partial charge < -0.3 is 4.74 Å². The summed E-state index contributed by atoms with van der Waals surface area (Å²) in [5, 5.41) is 2.36. The monoisotopic (exact) mass is 234 g/mol. The van der Waals surface area contributed by atoms with E-state index in [9.17, 15) is 14.4 Å². The molecule has 1 aromatic heterocycles. The molecule has 88 valence electrons. The summed E-state index contributed by atoms with van der Waals surface area (Å²) < 4.78 is 5.72. The van der Waals surface area contributed by atoms with Crippen molar-refractivity contribution in [1.29, 1.82) is 0 Å². The normalized spacial score (nSPS) is 10.4. The number of benzene rings is 1. The zero-order chi connectivity index (χ0) is 12.4. The maximum absolute atomic E-state index is 11.6. The Morgan fingerprint density at radius 2 is 2.06 bits per heavy atom. The summed E-state index contributed by atoms with van der Waals surface area (Å²) in [6, 6.07) is 6.33. The van der Waals surface area contributed by atoms with Gasteiger partial charge in [-0.15, -0.1) is 0 Å². The number of aromatic amines is 1. The number of carbonyl (C=O) groups excluding carboxylic acids is 1. The van der Waals surface area contributed by atoms with E-state index in [1.54, 1.807) is 25.1 Å². The van der Waals surface area contributed by atoms with Crippen molar-refractivity contribution in [1.82, 2.24) is 9.78 Å². The first kappa shape index (κ1) is 11.1. The van der Waals surface area contributed by atoms with Crippen molar-refractivity contribution in [3.05, 3.63) is 44.8 Å². The average Bonchev–Trinajstić information content (AvgIpc) is 2.34. The first-order valence-corrected chi connectivity index (χ1v) is 5.06. The second-order valence-corrected chi connectivity index (χ2v) is 3.32. The molecule has 0 amide bonds. The fourth-order valence-electron chi connectivity index (χ4n) is 1.53. The van der Waals surface area contributed by atoms with Crippen molar-refractivity contribution < 1.29 is 9.53 Å². The van der Waals surface area contributed by atoms with Crippen LogP contribution < -0.4 is 11.0 Å². The molecule has 0 spiro atoms. The quantitative estimate of drug-likeness (QED) is 0.736. The van der Waals surface area contributed by atoms with Gasteiger partial charge in [0.25, 0.3) is 5.43 Å². The number of carbonyl (C=O) groups is 1. The number of hydrogen-bond acceptors (Lipinski definition) is 4. The van der Waals surface area contributed by atoms with Crippen molar-refractivity contribution in [3.63, 3.8) is 0 Å². The highest BCUT2D eigenvalue weighted by molar-refractivity contribution is 5.86. The van der Waals surface area contributed by atoms with Crippen molar-refractivity contribution in [2.45, 2.75) is 6.92 Å². The van der Waals surface area contributed by atoms with Crippen molar-refractivity contribution in [2.24, 2.45) is 0 Å². The predicted octanol–water partition coefficient (Wildman–Crippen LogP) is 0.694. The van der Waals surface area contributed by atoms with Gasteiger partial charge in [0, 0.05) is 0 Å². The van der Waals surface area contributed by atoms with Crippen molar-refractivity contribution >= 4 is 17.0 Å². The minimum atomic E-state index is -0.850. The molecule has 1 heterocycles. The third-order valence-corrected chi connectivity index (χ3v) is 2.26. The predicted molar refractivity (Wildman–Crippen MR) is 61.2 cm³/mol. The third kappa shape index (κ3) is 1.84. The first-order valence-electron chi connectivity index (χ1n) is 5.06. The molecule has 0 radical (unpaired) electrons. The fourth-order valence-corrected chi connectivity index (χ4v) is 1.53. The van der Waals surface area contributed by atoms with E-state index in [1.165, 1.54) is 6.07 Å². The van der Waals surface area contributed by atoms with Gasteiger partial charge >= 0.3 is 11.7 Å². The lowest BCUT2D eigenvalue weighted by atomic mass is 10.2. The van der Waals surface area contributed by atoms with Crippen LogP contribution in [0, 0.1) is 0 Å². The number of aromatic nitrogens is 2. The maximum atomic E-state index is 11.6. The molecule has 0 unspecified atom stereocenters. The number of para-hydroxylation sites is 1. The van der Waals surface area contributed by atoms with E-state index in [0.717, 1.165) is 4.68 Å². The Kier molecular flexibility index (Phi) is 2.78. The zero-order valence-corrected chi connectivity index (χ0v) is 9.10. The van der Waals surface area contributed by atoms with E-state index in [4.69, 9.17) is 4.74 Å². The van der Waals surface area contributed by atoms with Gasteiger partial charge in [0.2, 0.25) is 0 Å². The van der Waals surface area contributed by atoms with Crippen LogP contribution in [0.15, 0.2) is 33.9 Å². The molecular formula is C11H10N2O4. The number of H-pyrrole nitrogens is 1. The van der Waals surface area contributed by atoms with Gasteiger partial charge in [-0.05, 0) is 19.1 Å². The van der Waals surface area contributed by atoms with Crippen LogP contribution in [0.1, 0.15) is 6.92 Å². The standard InChI is InChI=1S/C11H10N2O4/c1-2-17-11(16)13-8-6-4-3-5-7(8)9(14)10(15)12-13/h3-6H,2H2,1H3,(H,12,15). The third-order valence-electron chi connectivity index (χ3n) is 2.26. The molecule has 6 nitrogen and oxygen atoms in total. The van der Waals surface area contributed by atoms with Crippen molar-refractivity contribution in [2.75, 3.05) is 6.61 Å². The number of nitrogens with one attached hydrogen (secondary N) is 1. The summed E-state index contributed by atoms with van der Waals surface area (Å²) in [7, 11) is 0. The van der Waals surface area contributed by atoms with E-state index in [-0.39, 0.29) is 12.0 Å². The Bertz CT molecular complexity index is 684. The lowest BCUT2D eigenvalue weighted by molar-refractivity contribution is 0.151. The minimum absolute atomic E-state index is 0.182. The number of rotatable bonds is 1. The van der Waals surface area contributed by atoms with E-state index in [2.05, 4.69) is 5.10 Å². The largest absolute Gasteiger partial charge is 0.448 e. The fraction of sp³-hybridized carbons (Fsp3) is 0.182. The molecule has 0 saturated carbocycles. The molecule has 0 atom stereocenters. The summed E-state index contributed by atoms with van der Waals surface area (Å²) >= 11 is 0. The molecule has 1 aromatic carbocycles. The van der Waals surface area contributed by atoms with Gasteiger partial charge in [-0.2, -0.15) is 4.68 Å². The van der Waals surface area contributed by atoms with Crippen LogP contribution >= 0.6 is 0 Å². The van der Waals surface area contributed by atoms with Gasteiger partial charge in [-0.1, -0.05) is 12.1 Å². The van der Waals surface area contributed by atoms with E-state index < -0.39 is 17.1 Å². The van der Waals surface area contributed by atoms with E-state index in [1.807, 2.05) is 0 Å². The van der Waals surface area contributed by atoms with Crippen LogP contribution in [-0.2, 0) is 4.74 Å². The summed E-state index contributed by atoms with van der Waals surface area (Å²) in [5.41, 5.74) is -1.20. The van der Waals surface area contributed by atoms with Gasteiger partial charge in [0.15, 0.2) is 0 Å². The maximum Gasteiger partial charge on any atom is 0.433 e. The second kappa shape index (κ2) is 4.25. The van der Waals surface area contributed by atoms with E-state index >= 15 is 0 Å². The highest BCUT2D eigenvalue weighted by atomic mass is 16.5. The second-order valence-electron chi connectivity index (χ2n) is 3.32. The number of hydrogen-bond donors (Lipinski definition) is 1. The molecule has 2 rings (SSSR count). The van der Waals surface area contributed by atoms with E-state index in [0.29, 0.717) is 5.52 Å². The molecular weight excluding hydrogens is 224 g/mol. The topological polar surface area (TPSA) is 81.2 Å². The van der Waals surface area contributed by atoms with Gasteiger partial charge in [-0.25, -0.2) is 4.79 Å². The molecule has 2 aromatic rings. The van der Waals surface area contributed by atoms with Gasteiger partial charge in [-0.3, -0.25) is 14.7 Å². The van der Waals surface area contributed by atoms with Crippen LogP contribution in [0.4, 0.5) is 4.79 Å². The molecule has 0 aliphatic carbocycles. The van der Waals surface area contributed by atoms with Crippen LogP contribution in [0.2, 0.25) is 0 Å². The zero-order valence-electron chi connectivity index (χ0n) is 9.10. The van der Waals surface area contributed by atoms with Crippen LogP contribution in [0.3, 0.4) is 0 Å². The van der Waals surface area contributed by atoms with Gasteiger partial charge in [0.1, 0.15) is 0 Å². The average molecular weight is 234 g/mol. The number of nitrogens with zero attached hydrogens (tertiary/aromatic N) is 1. The Labute approximate surface area is 95.4 Å².